The molecule has 3 aliphatic rings. The van der Waals surface area contributed by atoms with Crippen molar-refractivity contribution in [1.82, 2.24) is 35.2 Å². The molecule has 0 amide bonds. The summed E-state index contributed by atoms with van der Waals surface area (Å²) in [6.07, 6.45) is 6.09. The first-order chi connectivity index (χ1) is 19.6. The molecule has 198 valence electrons. The smallest absolute Gasteiger partial charge is 0.124 e. The molecule has 0 bridgehead atoms. The molecule has 40 heavy (non-hydrogen) atoms. The highest BCUT2D eigenvalue weighted by Crippen LogP contribution is 2.45. The number of hydrogen-bond donors (Lipinski definition) is 4. The summed E-state index contributed by atoms with van der Waals surface area (Å²) in [4.78, 5) is 26.5. The van der Waals surface area contributed by atoms with Crippen LogP contribution in [-0.4, -0.2) is 35.9 Å². The Labute approximate surface area is 230 Å². The first-order valence-electron chi connectivity index (χ1n) is 14.4. The van der Waals surface area contributed by atoms with Crippen molar-refractivity contribution in [2.24, 2.45) is 17.6 Å². The van der Waals surface area contributed by atoms with E-state index in [1.807, 2.05) is 12.1 Å². The summed E-state index contributed by atoms with van der Waals surface area (Å²) in [6.45, 7) is 0. The number of aromatic amines is 2. The Morgan fingerprint density at radius 2 is 1.38 bits per heavy atom. The van der Waals surface area contributed by atoms with Crippen molar-refractivity contribution in [1.29, 1.82) is 0 Å². The second-order valence-electron chi connectivity index (χ2n) is 12.0. The third kappa shape index (κ3) is 3.90. The van der Waals surface area contributed by atoms with Crippen LogP contribution >= 0.6 is 0 Å². The maximum atomic E-state index is 6.40. The lowest BCUT2D eigenvalue weighted by atomic mass is 10.1. The summed E-state index contributed by atoms with van der Waals surface area (Å²) in [6, 6.07) is 21.8. The zero-order valence-electron chi connectivity index (χ0n) is 22.1. The van der Waals surface area contributed by atoms with Gasteiger partial charge in [0.25, 0.3) is 0 Å². The van der Waals surface area contributed by atoms with Gasteiger partial charge in [-0.3, -0.25) is 0 Å². The van der Waals surface area contributed by atoms with Gasteiger partial charge in [-0.05, 0) is 79.6 Å². The molecule has 0 unspecified atom stereocenters. The lowest BCUT2D eigenvalue weighted by Crippen LogP contribution is -2.18. The van der Waals surface area contributed by atoms with Crippen molar-refractivity contribution >= 4 is 33.1 Å². The van der Waals surface area contributed by atoms with Crippen molar-refractivity contribution in [3.05, 3.63) is 72.3 Å². The van der Waals surface area contributed by atoms with Crippen molar-refractivity contribution in [2.45, 2.75) is 50.2 Å². The van der Waals surface area contributed by atoms with Crippen molar-refractivity contribution < 1.29 is 0 Å². The number of nitrogens with zero attached hydrogens (tertiary/aromatic N) is 4. The molecule has 4 atom stereocenters. The predicted octanol–water partition coefficient (Wildman–Crippen LogP) is 5.94. The van der Waals surface area contributed by atoms with Gasteiger partial charge in [-0.15, -0.1) is 0 Å². The summed E-state index contributed by atoms with van der Waals surface area (Å²) in [5, 5.41) is 3.69. The molecule has 0 spiro atoms. The van der Waals surface area contributed by atoms with Crippen molar-refractivity contribution in [2.75, 3.05) is 0 Å². The molecule has 0 radical (unpaired) electrons. The summed E-state index contributed by atoms with van der Waals surface area (Å²) in [7, 11) is 0. The van der Waals surface area contributed by atoms with Crippen LogP contribution in [0.5, 0.6) is 0 Å². The number of pyridine rings is 2. The van der Waals surface area contributed by atoms with E-state index in [-0.39, 0.29) is 6.04 Å². The van der Waals surface area contributed by atoms with Gasteiger partial charge < -0.3 is 21.0 Å². The molecule has 9 rings (SSSR count). The van der Waals surface area contributed by atoms with Crippen LogP contribution in [0.1, 0.15) is 55.8 Å². The molecule has 3 fully saturated rings. The van der Waals surface area contributed by atoms with Gasteiger partial charge in [0.05, 0.1) is 56.6 Å². The normalized spacial score (nSPS) is 22.8. The Morgan fingerprint density at radius 1 is 0.725 bits per heavy atom. The minimum atomic E-state index is -0.0340. The van der Waals surface area contributed by atoms with Crippen molar-refractivity contribution in [3.63, 3.8) is 0 Å². The number of fused-ring (bicyclic) bond motifs is 4. The summed E-state index contributed by atoms with van der Waals surface area (Å²) < 4.78 is 0. The van der Waals surface area contributed by atoms with Gasteiger partial charge in [-0.25, -0.2) is 19.9 Å². The number of benzene rings is 2. The average molecular weight is 527 g/mol. The van der Waals surface area contributed by atoms with E-state index in [1.54, 1.807) is 0 Å². The number of piperidine rings is 1. The van der Waals surface area contributed by atoms with E-state index in [0.717, 1.165) is 85.5 Å². The first-order valence-corrected chi connectivity index (χ1v) is 14.4. The zero-order chi connectivity index (χ0) is 26.4. The maximum absolute atomic E-state index is 6.40. The second-order valence-corrected chi connectivity index (χ2v) is 12.0. The number of H-pyrrole nitrogens is 2. The highest BCUT2D eigenvalue weighted by atomic mass is 15.1. The van der Waals surface area contributed by atoms with E-state index < -0.39 is 0 Å². The third-order valence-electron chi connectivity index (χ3n) is 8.98. The number of nitrogens with two attached hydrogens (primary N) is 1. The van der Waals surface area contributed by atoms with Gasteiger partial charge in [0, 0.05) is 17.2 Å². The number of aromatic nitrogens is 6. The van der Waals surface area contributed by atoms with Crippen LogP contribution in [-0.2, 0) is 0 Å². The molecule has 4 aromatic heterocycles. The van der Waals surface area contributed by atoms with E-state index in [2.05, 4.69) is 63.8 Å². The van der Waals surface area contributed by atoms with Crippen molar-refractivity contribution in [3.8, 4) is 22.5 Å². The van der Waals surface area contributed by atoms with E-state index in [4.69, 9.17) is 25.7 Å². The van der Waals surface area contributed by atoms with Gasteiger partial charge in [0.2, 0.25) is 0 Å². The quantitative estimate of drug-likeness (QED) is 0.213. The Bertz CT molecular complexity index is 1920. The van der Waals surface area contributed by atoms with Crippen LogP contribution < -0.4 is 11.1 Å². The van der Waals surface area contributed by atoms with Gasteiger partial charge in [0.1, 0.15) is 11.6 Å². The summed E-state index contributed by atoms with van der Waals surface area (Å²) in [5.74, 6) is 3.53. The minimum Gasteiger partial charge on any atom is -0.341 e. The van der Waals surface area contributed by atoms with Crippen LogP contribution in [0.15, 0.2) is 60.7 Å². The lowest BCUT2D eigenvalue weighted by molar-refractivity contribution is 0.544. The number of nitrogens with one attached hydrogen (secondary N) is 3. The zero-order valence-corrected chi connectivity index (χ0v) is 22.1. The fraction of sp³-hybridized carbons (Fsp3) is 0.312. The molecule has 1 saturated heterocycles. The minimum absolute atomic E-state index is 0.0340. The van der Waals surface area contributed by atoms with E-state index >= 15 is 0 Å². The molecule has 2 aromatic carbocycles. The highest BCUT2D eigenvalue weighted by Gasteiger charge is 2.46. The van der Waals surface area contributed by atoms with Crippen LogP contribution in [0.3, 0.4) is 0 Å². The Morgan fingerprint density at radius 3 is 2.02 bits per heavy atom. The lowest BCUT2D eigenvalue weighted by Gasteiger charge is -2.08. The predicted molar refractivity (Wildman–Crippen MR) is 156 cm³/mol. The van der Waals surface area contributed by atoms with Gasteiger partial charge in [-0.1, -0.05) is 25.0 Å². The standard InChI is InChI=1S/C32H30N8/c33-20(11-16-1-2-16)31-37-25-5-3-17(12-28(25)39-31)21-7-9-24-23(34-21)10-8-22(35-24)18-4-6-26-29(13-18)40-32(38-26)30-15-19-14-27(19)36-30/h3-10,12-13,16,19-20,27,30,36H,1-2,11,14-15,33H2,(H,37,39)(H,38,40)/t19-,20+,27-,30+/m1/s1. The molecule has 2 aliphatic carbocycles. The summed E-state index contributed by atoms with van der Waals surface area (Å²) >= 11 is 0. The number of imidazole rings is 2. The number of rotatable bonds is 6. The molecule has 8 nitrogen and oxygen atoms in total. The first kappa shape index (κ1) is 22.7. The topological polar surface area (TPSA) is 121 Å². The van der Waals surface area contributed by atoms with Crippen LogP contribution in [0.4, 0.5) is 0 Å². The fourth-order valence-electron chi connectivity index (χ4n) is 6.41. The van der Waals surface area contributed by atoms with E-state index in [1.165, 1.54) is 25.7 Å². The Hall–Kier alpha value is -4.14. The molecule has 5 heterocycles. The highest BCUT2D eigenvalue weighted by molar-refractivity contribution is 5.86. The van der Waals surface area contributed by atoms with Gasteiger partial charge in [0.15, 0.2) is 0 Å². The van der Waals surface area contributed by atoms with Crippen LogP contribution in [0, 0.1) is 11.8 Å². The molecule has 6 aromatic rings. The molecular formula is C32H30N8. The second kappa shape index (κ2) is 8.43. The van der Waals surface area contributed by atoms with E-state index in [9.17, 15) is 0 Å². The van der Waals surface area contributed by atoms with Gasteiger partial charge in [-0.2, -0.15) is 0 Å². The number of hydrogen-bond acceptors (Lipinski definition) is 6. The molecule has 2 saturated carbocycles. The Balaban J connectivity index is 0.994. The molecular weight excluding hydrogens is 496 g/mol. The van der Waals surface area contributed by atoms with Crippen LogP contribution in [0.25, 0.3) is 55.6 Å². The molecule has 1 aliphatic heterocycles. The molecule has 5 N–H and O–H groups in total. The SMILES string of the molecule is N[C@@H](CC1CC1)c1nc2ccc(-c3ccc4nc(-c5ccc6nc([C@@H]7C[C@H]8C[C@H]8N7)[nH]c6c5)ccc4n3)cc2[nH]1. The molecule has 8 heteroatoms. The van der Waals surface area contributed by atoms with Crippen LogP contribution in [0.2, 0.25) is 0 Å². The fourth-order valence-corrected chi connectivity index (χ4v) is 6.41. The van der Waals surface area contributed by atoms with Gasteiger partial charge >= 0.3 is 0 Å². The Kier molecular flexibility index (Phi) is 4.77. The summed E-state index contributed by atoms with van der Waals surface area (Å²) in [5.41, 5.74) is 16.1. The maximum Gasteiger partial charge on any atom is 0.124 e. The monoisotopic (exact) mass is 526 g/mol. The van der Waals surface area contributed by atoms with E-state index in [0.29, 0.717) is 12.1 Å². The third-order valence-corrected chi connectivity index (χ3v) is 8.98. The largest absolute Gasteiger partial charge is 0.341 e. The average Bonchev–Trinajstić information content (AvgIpc) is 3.77.